The second-order valence-corrected chi connectivity index (χ2v) is 5.93. The number of nitrogens with two attached hydrogens (primary N) is 1. The lowest BCUT2D eigenvalue weighted by molar-refractivity contribution is 0.0939. The molecule has 0 spiro atoms. The molecule has 3 N–H and O–H groups in total. The molecule has 5 heteroatoms. The van der Waals surface area contributed by atoms with Crippen molar-refractivity contribution < 1.29 is 9.53 Å². The maximum atomic E-state index is 12.1. The molecule has 1 atom stereocenters. The molecule has 1 aliphatic rings. The lowest BCUT2D eigenvalue weighted by Crippen LogP contribution is -2.32. The second-order valence-electron chi connectivity index (χ2n) is 5.93. The Morgan fingerprint density at radius 1 is 1.41 bits per heavy atom. The molecule has 1 fully saturated rings. The Morgan fingerprint density at radius 2 is 2.14 bits per heavy atom. The highest BCUT2D eigenvalue weighted by Crippen LogP contribution is 2.23. The smallest absolute Gasteiger partial charge is 0.251 e. The number of nitrogens with zero attached hydrogens (tertiary/aromatic N) is 1. The van der Waals surface area contributed by atoms with Crippen LogP contribution in [0.5, 0.6) is 5.75 Å². The molecule has 1 unspecified atom stereocenters. The van der Waals surface area contributed by atoms with Gasteiger partial charge in [0.2, 0.25) is 0 Å². The van der Waals surface area contributed by atoms with Crippen molar-refractivity contribution in [2.75, 3.05) is 32.0 Å². The average molecular weight is 305 g/mol. The SMILES string of the molecule is CCC(C)NC(=O)c1ccc(N)c(OCCN2CCCC2)c1. The Balaban J connectivity index is 1.92. The number of likely N-dealkylation sites (tertiary alicyclic amines) is 1. The minimum atomic E-state index is -0.0845. The Hall–Kier alpha value is -1.75. The summed E-state index contributed by atoms with van der Waals surface area (Å²) in [5.41, 5.74) is 7.10. The third-order valence-corrected chi connectivity index (χ3v) is 4.13. The number of hydrogen-bond donors (Lipinski definition) is 2. The van der Waals surface area contributed by atoms with E-state index < -0.39 is 0 Å². The highest BCUT2D eigenvalue weighted by Gasteiger charge is 2.13. The van der Waals surface area contributed by atoms with Crippen LogP contribution in [0.4, 0.5) is 5.69 Å². The van der Waals surface area contributed by atoms with Crippen molar-refractivity contribution >= 4 is 11.6 Å². The predicted molar refractivity (Wildman–Crippen MR) is 89.2 cm³/mol. The van der Waals surface area contributed by atoms with Crippen LogP contribution in [0.15, 0.2) is 18.2 Å². The largest absolute Gasteiger partial charge is 0.490 e. The lowest BCUT2D eigenvalue weighted by atomic mass is 10.1. The van der Waals surface area contributed by atoms with Gasteiger partial charge in [0.1, 0.15) is 12.4 Å². The zero-order chi connectivity index (χ0) is 15.9. The van der Waals surface area contributed by atoms with E-state index in [0.717, 1.165) is 26.1 Å². The molecule has 0 aliphatic carbocycles. The zero-order valence-electron chi connectivity index (χ0n) is 13.6. The lowest BCUT2D eigenvalue weighted by Gasteiger charge is -2.16. The standard InChI is InChI=1S/C17H27N3O2/c1-3-13(2)19-17(21)14-6-7-15(18)16(12-14)22-11-10-20-8-4-5-9-20/h6-7,12-13H,3-5,8-11,18H2,1-2H3,(H,19,21). The van der Waals surface area contributed by atoms with E-state index in [1.807, 2.05) is 13.8 Å². The molecule has 122 valence electrons. The highest BCUT2D eigenvalue weighted by atomic mass is 16.5. The summed E-state index contributed by atoms with van der Waals surface area (Å²) in [5, 5.41) is 2.95. The first-order valence-corrected chi connectivity index (χ1v) is 8.15. The normalized spacial score (nSPS) is 16.5. The number of ether oxygens (including phenoxy) is 1. The van der Waals surface area contributed by atoms with Crippen molar-refractivity contribution in [2.24, 2.45) is 0 Å². The van der Waals surface area contributed by atoms with E-state index >= 15 is 0 Å². The number of carbonyl (C=O) groups excluding carboxylic acids is 1. The molecule has 22 heavy (non-hydrogen) atoms. The van der Waals surface area contributed by atoms with Gasteiger partial charge in [-0.2, -0.15) is 0 Å². The number of carbonyl (C=O) groups is 1. The predicted octanol–water partition coefficient (Wildman–Crippen LogP) is 2.27. The van der Waals surface area contributed by atoms with Crippen molar-refractivity contribution in [3.05, 3.63) is 23.8 Å². The van der Waals surface area contributed by atoms with E-state index in [-0.39, 0.29) is 11.9 Å². The fourth-order valence-corrected chi connectivity index (χ4v) is 2.50. The van der Waals surface area contributed by atoms with Crippen molar-refractivity contribution in [3.8, 4) is 5.75 Å². The van der Waals surface area contributed by atoms with Gasteiger partial charge in [0.05, 0.1) is 5.69 Å². The first kappa shape index (κ1) is 16.6. The van der Waals surface area contributed by atoms with Crippen LogP contribution in [0, 0.1) is 0 Å². The molecule has 1 aromatic carbocycles. The molecular formula is C17H27N3O2. The molecule has 0 radical (unpaired) electrons. The second kappa shape index (κ2) is 8.03. The first-order chi connectivity index (χ1) is 10.6. The molecule has 1 aromatic rings. The van der Waals surface area contributed by atoms with Gasteiger partial charge >= 0.3 is 0 Å². The number of nitrogen functional groups attached to an aromatic ring is 1. The van der Waals surface area contributed by atoms with E-state index in [9.17, 15) is 4.79 Å². The monoisotopic (exact) mass is 305 g/mol. The van der Waals surface area contributed by atoms with Gasteiger partial charge in [0.25, 0.3) is 5.91 Å². The number of anilines is 1. The average Bonchev–Trinajstić information content (AvgIpc) is 3.02. The van der Waals surface area contributed by atoms with Crippen molar-refractivity contribution in [2.45, 2.75) is 39.2 Å². The van der Waals surface area contributed by atoms with E-state index in [1.54, 1.807) is 18.2 Å². The Kier molecular flexibility index (Phi) is 6.07. The van der Waals surface area contributed by atoms with Crippen LogP contribution in [-0.4, -0.2) is 43.1 Å². The van der Waals surface area contributed by atoms with E-state index in [2.05, 4.69) is 10.2 Å². The molecule has 0 bridgehead atoms. The number of rotatable bonds is 7. The van der Waals surface area contributed by atoms with Crippen molar-refractivity contribution in [1.82, 2.24) is 10.2 Å². The summed E-state index contributed by atoms with van der Waals surface area (Å²) in [6.45, 7) is 7.83. The van der Waals surface area contributed by atoms with Gasteiger partial charge in [0, 0.05) is 18.2 Å². The molecule has 1 amide bonds. The molecular weight excluding hydrogens is 278 g/mol. The quantitative estimate of drug-likeness (QED) is 0.758. The number of nitrogens with one attached hydrogen (secondary N) is 1. The Bertz CT molecular complexity index is 499. The van der Waals surface area contributed by atoms with Gasteiger partial charge in [-0.15, -0.1) is 0 Å². The summed E-state index contributed by atoms with van der Waals surface area (Å²) in [6, 6.07) is 5.36. The molecule has 0 aromatic heterocycles. The van der Waals surface area contributed by atoms with Gasteiger partial charge < -0.3 is 15.8 Å². The summed E-state index contributed by atoms with van der Waals surface area (Å²) in [5.74, 6) is 0.509. The van der Waals surface area contributed by atoms with E-state index in [0.29, 0.717) is 23.6 Å². The van der Waals surface area contributed by atoms with Crippen LogP contribution in [0.25, 0.3) is 0 Å². The Morgan fingerprint density at radius 3 is 2.82 bits per heavy atom. The highest BCUT2D eigenvalue weighted by molar-refractivity contribution is 5.95. The maximum Gasteiger partial charge on any atom is 0.251 e. The third kappa shape index (κ3) is 4.63. The molecule has 0 saturated carbocycles. The van der Waals surface area contributed by atoms with Crippen molar-refractivity contribution in [1.29, 1.82) is 0 Å². The fourth-order valence-electron chi connectivity index (χ4n) is 2.50. The van der Waals surface area contributed by atoms with Gasteiger partial charge in [-0.3, -0.25) is 9.69 Å². The fraction of sp³-hybridized carbons (Fsp3) is 0.588. The van der Waals surface area contributed by atoms with Crippen LogP contribution in [0.2, 0.25) is 0 Å². The van der Waals surface area contributed by atoms with Gasteiger partial charge in [-0.05, 0) is 57.5 Å². The number of benzene rings is 1. The summed E-state index contributed by atoms with van der Waals surface area (Å²) in [4.78, 5) is 14.5. The van der Waals surface area contributed by atoms with Crippen LogP contribution in [0.3, 0.4) is 0 Å². The molecule has 5 nitrogen and oxygen atoms in total. The maximum absolute atomic E-state index is 12.1. The number of hydrogen-bond acceptors (Lipinski definition) is 4. The minimum absolute atomic E-state index is 0.0845. The zero-order valence-corrected chi connectivity index (χ0v) is 13.6. The topological polar surface area (TPSA) is 67.6 Å². The van der Waals surface area contributed by atoms with Crippen LogP contribution in [-0.2, 0) is 0 Å². The number of amides is 1. The summed E-state index contributed by atoms with van der Waals surface area (Å²) in [6.07, 6.45) is 3.45. The van der Waals surface area contributed by atoms with Crippen LogP contribution >= 0.6 is 0 Å². The molecule has 2 rings (SSSR count). The van der Waals surface area contributed by atoms with Crippen LogP contribution < -0.4 is 15.8 Å². The van der Waals surface area contributed by atoms with Crippen LogP contribution in [0.1, 0.15) is 43.5 Å². The summed E-state index contributed by atoms with van der Waals surface area (Å²) in [7, 11) is 0. The molecule has 1 aliphatic heterocycles. The van der Waals surface area contributed by atoms with Gasteiger partial charge in [-0.1, -0.05) is 6.92 Å². The Labute approximate surface area is 132 Å². The van der Waals surface area contributed by atoms with Gasteiger partial charge in [0.15, 0.2) is 0 Å². The minimum Gasteiger partial charge on any atom is -0.490 e. The van der Waals surface area contributed by atoms with Crippen molar-refractivity contribution in [3.63, 3.8) is 0 Å². The third-order valence-electron chi connectivity index (χ3n) is 4.13. The summed E-state index contributed by atoms with van der Waals surface area (Å²) < 4.78 is 5.77. The van der Waals surface area contributed by atoms with E-state index in [4.69, 9.17) is 10.5 Å². The van der Waals surface area contributed by atoms with E-state index in [1.165, 1.54) is 12.8 Å². The molecule has 1 saturated heterocycles. The van der Waals surface area contributed by atoms with Gasteiger partial charge in [-0.25, -0.2) is 0 Å². The first-order valence-electron chi connectivity index (χ1n) is 8.15. The molecule has 1 heterocycles. The summed E-state index contributed by atoms with van der Waals surface area (Å²) >= 11 is 0.